The molecule has 3 heteroatoms. The van der Waals surface area contributed by atoms with Crippen LogP contribution in [0.2, 0.25) is 0 Å². The molecule has 0 spiro atoms. The zero-order chi connectivity index (χ0) is 11.3. The largest absolute Gasteiger partial charge is 0.464 e. The fourth-order valence-electron chi connectivity index (χ4n) is 1.35. The Labute approximate surface area is 89.1 Å². The quantitative estimate of drug-likeness (QED) is 0.714. The van der Waals surface area contributed by atoms with Crippen molar-refractivity contribution in [3.05, 3.63) is 35.9 Å². The van der Waals surface area contributed by atoms with Gasteiger partial charge in [0.1, 0.15) is 0 Å². The maximum absolute atomic E-state index is 13.6. The predicted molar refractivity (Wildman–Crippen MR) is 56.4 cm³/mol. The van der Waals surface area contributed by atoms with Crippen LogP contribution in [-0.4, -0.2) is 18.7 Å². The molecular formula is C12H15FO2. The summed E-state index contributed by atoms with van der Waals surface area (Å²) in [7, 11) is 0. The van der Waals surface area contributed by atoms with Gasteiger partial charge in [-0.15, -0.1) is 0 Å². The Kier molecular flexibility index (Phi) is 4.28. The lowest BCUT2D eigenvalue weighted by molar-refractivity contribution is -0.149. The SMILES string of the molecule is CCOC(=O)[C@@H](F)[C@@H](C)c1ccccc1. The third kappa shape index (κ3) is 3.05. The molecular weight excluding hydrogens is 195 g/mol. The number of alkyl halides is 1. The van der Waals surface area contributed by atoms with Gasteiger partial charge < -0.3 is 4.74 Å². The van der Waals surface area contributed by atoms with Crippen LogP contribution in [0, 0.1) is 0 Å². The van der Waals surface area contributed by atoms with Crippen molar-refractivity contribution in [2.24, 2.45) is 0 Å². The van der Waals surface area contributed by atoms with Gasteiger partial charge in [-0.3, -0.25) is 0 Å². The van der Waals surface area contributed by atoms with Gasteiger partial charge in [-0.05, 0) is 12.5 Å². The number of ether oxygens (including phenoxy) is 1. The smallest absolute Gasteiger partial charge is 0.341 e. The molecule has 1 aromatic rings. The fraction of sp³-hybridized carbons (Fsp3) is 0.417. The number of carbonyl (C=O) groups excluding carboxylic acids is 1. The molecule has 2 atom stereocenters. The number of hydrogen-bond acceptors (Lipinski definition) is 2. The highest BCUT2D eigenvalue weighted by molar-refractivity contribution is 5.75. The normalized spacial score (nSPS) is 14.3. The van der Waals surface area contributed by atoms with Crippen LogP contribution in [0.4, 0.5) is 4.39 Å². The van der Waals surface area contributed by atoms with E-state index < -0.39 is 18.1 Å². The highest BCUT2D eigenvalue weighted by atomic mass is 19.1. The Morgan fingerprint density at radius 3 is 2.53 bits per heavy atom. The summed E-state index contributed by atoms with van der Waals surface area (Å²) < 4.78 is 18.2. The zero-order valence-corrected chi connectivity index (χ0v) is 8.94. The van der Waals surface area contributed by atoms with E-state index in [1.807, 2.05) is 18.2 Å². The van der Waals surface area contributed by atoms with Crippen LogP contribution in [0.25, 0.3) is 0 Å². The highest BCUT2D eigenvalue weighted by Gasteiger charge is 2.26. The number of halogens is 1. The summed E-state index contributed by atoms with van der Waals surface area (Å²) in [6.45, 7) is 3.55. The summed E-state index contributed by atoms with van der Waals surface area (Å²) in [4.78, 5) is 11.2. The standard InChI is InChI=1S/C12H15FO2/c1-3-15-12(14)11(13)9(2)10-7-5-4-6-8-10/h4-9,11H,3H2,1-2H3/t9-,11-/m0/s1. The van der Waals surface area contributed by atoms with E-state index in [1.165, 1.54) is 0 Å². The molecule has 0 amide bonds. The van der Waals surface area contributed by atoms with Crippen LogP contribution < -0.4 is 0 Å². The number of benzene rings is 1. The van der Waals surface area contributed by atoms with Crippen molar-refractivity contribution in [2.45, 2.75) is 25.9 Å². The van der Waals surface area contributed by atoms with Crippen LogP contribution in [0.15, 0.2) is 30.3 Å². The van der Waals surface area contributed by atoms with Crippen molar-refractivity contribution >= 4 is 5.97 Å². The molecule has 15 heavy (non-hydrogen) atoms. The van der Waals surface area contributed by atoms with Gasteiger partial charge in [0, 0.05) is 5.92 Å². The third-order valence-electron chi connectivity index (χ3n) is 2.28. The lowest BCUT2D eigenvalue weighted by Gasteiger charge is -2.15. The van der Waals surface area contributed by atoms with Crippen molar-refractivity contribution in [3.63, 3.8) is 0 Å². The maximum atomic E-state index is 13.6. The van der Waals surface area contributed by atoms with Gasteiger partial charge in [0.25, 0.3) is 0 Å². The van der Waals surface area contributed by atoms with Gasteiger partial charge in [-0.1, -0.05) is 37.3 Å². The first-order valence-corrected chi connectivity index (χ1v) is 5.02. The molecule has 0 saturated heterocycles. The molecule has 0 unspecified atom stereocenters. The second kappa shape index (κ2) is 5.49. The van der Waals surface area contributed by atoms with Crippen molar-refractivity contribution in [1.29, 1.82) is 0 Å². The van der Waals surface area contributed by atoms with Crippen LogP contribution >= 0.6 is 0 Å². The predicted octanol–water partition coefficient (Wildman–Crippen LogP) is 2.69. The van der Waals surface area contributed by atoms with Crippen molar-refractivity contribution in [2.75, 3.05) is 6.61 Å². The number of hydrogen-bond donors (Lipinski definition) is 0. The van der Waals surface area contributed by atoms with E-state index in [9.17, 15) is 9.18 Å². The van der Waals surface area contributed by atoms with E-state index in [0.717, 1.165) is 5.56 Å². The Balaban J connectivity index is 2.68. The summed E-state index contributed by atoms with van der Waals surface area (Å²) in [5.41, 5.74) is 0.804. The maximum Gasteiger partial charge on any atom is 0.341 e. The van der Waals surface area contributed by atoms with Gasteiger partial charge in [-0.25, -0.2) is 9.18 Å². The van der Waals surface area contributed by atoms with E-state index in [4.69, 9.17) is 0 Å². The van der Waals surface area contributed by atoms with E-state index >= 15 is 0 Å². The minimum absolute atomic E-state index is 0.209. The molecule has 0 heterocycles. The molecule has 1 aromatic carbocycles. The lowest BCUT2D eigenvalue weighted by Crippen LogP contribution is -2.24. The van der Waals surface area contributed by atoms with Gasteiger partial charge in [0.05, 0.1) is 6.61 Å². The minimum Gasteiger partial charge on any atom is -0.464 e. The van der Waals surface area contributed by atoms with Crippen LogP contribution in [-0.2, 0) is 9.53 Å². The molecule has 0 aliphatic heterocycles. The average Bonchev–Trinajstić information content (AvgIpc) is 2.28. The Morgan fingerprint density at radius 2 is 2.00 bits per heavy atom. The second-order valence-corrected chi connectivity index (χ2v) is 3.35. The first-order chi connectivity index (χ1) is 7.16. The summed E-state index contributed by atoms with van der Waals surface area (Å²) in [6.07, 6.45) is -1.59. The number of esters is 1. The Hall–Kier alpha value is -1.38. The van der Waals surface area contributed by atoms with Crippen molar-refractivity contribution in [1.82, 2.24) is 0 Å². The zero-order valence-electron chi connectivity index (χ0n) is 8.94. The molecule has 0 aromatic heterocycles. The lowest BCUT2D eigenvalue weighted by atomic mass is 9.96. The van der Waals surface area contributed by atoms with E-state index in [2.05, 4.69) is 4.74 Å². The molecule has 0 saturated carbocycles. The molecule has 0 radical (unpaired) electrons. The molecule has 82 valence electrons. The third-order valence-corrected chi connectivity index (χ3v) is 2.28. The van der Waals surface area contributed by atoms with Crippen LogP contribution in [0.5, 0.6) is 0 Å². The van der Waals surface area contributed by atoms with Crippen LogP contribution in [0.1, 0.15) is 25.3 Å². The summed E-state index contributed by atoms with van der Waals surface area (Å²) in [5, 5.41) is 0. The number of carbonyl (C=O) groups is 1. The van der Waals surface area contributed by atoms with Gasteiger partial charge in [0.15, 0.2) is 0 Å². The first-order valence-electron chi connectivity index (χ1n) is 5.02. The first kappa shape index (κ1) is 11.7. The number of rotatable bonds is 4. The topological polar surface area (TPSA) is 26.3 Å². The van der Waals surface area contributed by atoms with Gasteiger partial charge >= 0.3 is 5.97 Å². The molecule has 0 aliphatic rings. The molecule has 0 fully saturated rings. The molecule has 0 N–H and O–H groups in total. The average molecular weight is 210 g/mol. The van der Waals surface area contributed by atoms with Gasteiger partial charge in [-0.2, -0.15) is 0 Å². The second-order valence-electron chi connectivity index (χ2n) is 3.35. The van der Waals surface area contributed by atoms with Crippen molar-refractivity contribution in [3.8, 4) is 0 Å². The van der Waals surface area contributed by atoms with Crippen molar-refractivity contribution < 1.29 is 13.9 Å². The molecule has 0 aliphatic carbocycles. The fourth-order valence-corrected chi connectivity index (χ4v) is 1.35. The Morgan fingerprint density at radius 1 is 1.40 bits per heavy atom. The molecule has 2 nitrogen and oxygen atoms in total. The minimum atomic E-state index is -1.59. The van der Waals surface area contributed by atoms with Crippen LogP contribution in [0.3, 0.4) is 0 Å². The monoisotopic (exact) mass is 210 g/mol. The summed E-state index contributed by atoms with van der Waals surface area (Å²) in [6, 6.07) is 9.11. The highest BCUT2D eigenvalue weighted by Crippen LogP contribution is 2.22. The molecule has 1 rings (SSSR count). The summed E-state index contributed by atoms with van der Waals surface area (Å²) in [5.74, 6) is -1.25. The Bertz CT molecular complexity index is 311. The summed E-state index contributed by atoms with van der Waals surface area (Å²) >= 11 is 0. The van der Waals surface area contributed by atoms with Gasteiger partial charge in [0.2, 0.25) is 6.17 Å². The van der Waals surface area contributed by atoms with E-state index in [1.54, 1.807) is 26.0 Å². The van der Waals surface area contributed by atoms with E-state index in [0.29, 0.717) is 0 Å². The molecule has 0 bridgehead atoms. The van der Waals surface area contributed by atoms with E-state index in [-0.39, 0.29) is 6.61 Å².